The highest BCUT2D eigenvalue weighted by atomic mass is 35.5. The Morgan fingerprint density at radius 3 is 2.48 bits per heavy atom. The summed E-state index contributed by atoms with van der Waals surface area (Å²) >= 11 is 6.05. The number of rotatable bonds is 4. The Morgan fingerprint density at radius 2 is 1.91 bits per heavy atom. The van der Waals surface area contributed by atoms with Crippen LogP contribution < -0.4 is 10.1 Å². The molecule has 0 atom stereocenters. The van der Waals surface area contributed by atoms with Crippen molar-refractivity contribution in [3.8, 4) is 5.75 Å². The van der Waals surface area contributed by atoms with E-state index in [0.29, 0.717) is 11.4 Å². The standard InChI is InChI=1S/C16H16ClNO4S/c1-10-5-4-6-14(22-2)15(10)18-16(19)12-8-7-11(9-13(12)17)23(3,20)21/h4-9H,1-3H3,(H,18,19). The van der Waals surface area contributed by atoms with E-state index in [1.807, 2.05) is 19.1 Å². The van der Waals surface area contributed by atoms with Gasteiger partial charge in [-0.15, -0.1) is 0 Å². The molecule has 0 aliphatic carbocycles. The minimum absolute atomic E-state index is 0.0625. The number of halogens is 1. The van der Waals surface area contributed by atoms with Crippen molar-refractivity contribution in [1.82, 2.24) is 0 Å². The molecule has 0 fully saturated rings. The maximum absolute atomic E-state index is 12.4. The summed E-state index contributed by atoms with van der Waals surface area (Å²) < 4.78 is 28.2. The topological polar surface area (TPSA) is 72.5 Å². The second-order valence-electron chi connectivity index (χ2n) is 5.02. The second kappa shape index (κ2) is 6.60. The van der Waals surface area contributed by atoms with Gasteiger partial charge >= 0.3 is 0 Å². The molecule has 23 heavy (non-hydrogen) atoms. The van der Waals surface area contributed by atoms with Gasteiger partial charge in [-0.3, -0.25) is 4.79 Å². The van der Waals surface area contributed by atoms with Crippen LogP contribution in [-0.2, 0) is 9.84 Å². The van der Waals surface area contributed by atoms with E-state index < -0.39 is 15.7 Å². The summed E-state index contributed by atoms with van der Waals surface area (Å²) in [5, 5.41) is 2.81. The van der Waals surface area contributed by atoms with E-state index in [4.69, 9.17) is 16.3 Å². The Kier molecular flexibility index (Phi) is 4.97. The van der Waals surface area contributed by atoms with Crippen molar-refractivity contribution in [3.63, 3.8) is 0 Å². The molecule has 0 saturated heterocycles. The fourth-order valence-electron chi connectivity index (χ4n) is 2.06. The normalized spacial score (nSPS) is 11.1. The lowest BCUT2D eigenvalue weighted by Gasteiger charge is -2.13. The molecule has 0 unspecified atom stereocenters. The predicted molar refractivity (Wildman–Crippen MR) is 90.2 cm³/mol. The number of para-hydroxylation sites is 1. The van der Waals surface area contributed by atoms with Gasteiger partial charge in [0.2, 0.25) is 0 Å². The number of carbonyl (C=O) groups is 1. The zero-order valence-electron chi connectivity index (χ0n) is 12.9. The number of benzene rings is 2. The van der Waals surface area contributed by atoms with Gasteiger partial charge in [0.25, 0.3) is 5.91 Å². The van der Waals surface area contributed by atoms with E-state index in [9.17, 15) is 13.2 Å². The SMILES string of the molecule is COc1cccc(C)c1NC(=O)c1ccc(S(C)(=O)=O)cc1Cl. The minimum Gasteiger partial charge on any atom is -0.495 e. The van der Waals surface area contributed by atoms with Gasteiger partial charge < -0.3 is 10.1 Å². The second-order valence-corrected chi connectivity index (χ2v) is 7.44. The molecule has 2 aromatic carbocycles. The number of anilines is 1. The molecule has 0 radical (unpaired) electrons. The third-order valence-electron chi connectivity index (χ3n) is 3.31. The van der Waals surface area contributed by atoms with Crippen molar-refractivity contribution in [2.75, 3.05) is 18.7 Å². The van der Waals surface area contributed by atoms with Crippen LogP contribution in [0.5, 0.6) is 5.75 Å². The summed E-state index contributed by atoms with van der Waals surface area (Å²) in [4.78, 5) is 12.5. The molecule has 0 aromatic heterocycles. The van der Waals surface area contributed by atoms with Crippen molar-refractivity contribution < 1.29 is 17.9 Å². The highest BCUT2D eigenvalue weighted by molar-refractivity contribution is 7.90. The first kappa shape index (κ1) is 17.3. The molecule has 1 amide bonds. The molecule has 0 spiro atoms. The quantitative estimate of drug-likeness (QED) is 0.915. The number of nitrogens with one attached hydrogen (secondary N) is 1. The van der Waals surface area contributed by atoms with Crippen molar-refractivity contribution in [2.45, 2.75) is 11.8 Å². The fraction of sp³-hybridized carbons (Fsp3) is 0.188. The van der Waals surface area contributed by atoms with E-state index in [2.05, 4.69) is 5.32 Å². The van der Waals surface area contributed by atoms with E-state index in [-0.39, 0.29) is 15.5 Å². The van der Waals surface area contributed by atoms with E-state index >= 15 is 0 Å². The van der Waals surface area contributed by atoms with Crippen molar-refractivity contribution in [2.24, 2.45) is 0 Å². The number of ether oxygens (including phenoxy) is 1. The minimum atomic E-state index is -3.38. The smallest absolute Gasteiger partial charge is 0.257 e. The lowest BCUT2D eigenvalue weighted by Crippen LogP contribution is -2.14. The number of hydrogen-bond acceptors (Lipinski definition) is 4. The van der Waals surface area contributed by atoms with Crippen molar-refractivity contribution >= 4 is 33.0 Å². The van der Waals surface area contributed by atoms with Crippen LogP contribution in [-0.4, -0.2) is 27.7 Å². The van der Waals surface area contributed by atoms with Crippen LogP contribution in [0.25, 0.3) is 0 Å². The van der Waals surface area contributed by atoms with Crippen LogP contribution in [0.15, 0.2) is 41.3 Å². The Hall–Kier alpha value is -2.05. The van der Waals surface area contributed by atoms with Crippen LogP contribution in [0.4, 0.5) is 5.69 Å². The van der Waals surface area contributed by atoms with E-state index in [1.54, 1.807) is 6.07 Å². The zero-order chi connectivity index (χ0) is 17.2. The third-order valence-corrected chi connectivity index (χ3v) is 4.73. The lowest BCUT2D eigenvalue weighted by molar-refractivity contribution is 0.102. The highest BCUT2D eigenvalue weighted by Gasteiger charge is 2.17. The van der Waals surface area contributed by atoms with Gasteiger partial charge in [0, 0.05) is 6.26 Å². The number of carbonyl (C=O) groups excluding carboxylic acids is 1. The average Bonchev–Trinajstić information content (AvgIpc) is 2.48. The van der Waals surface area contributed by atoms with Gasteiger partial charge in [0.15, 0.2) is 9.84 Å². The molecule has 0 aliphatic heterocycles. The Balaban J connectivity index is 2.36. The molecule has 122 valence electrons. The zero-order valence-corrected chi connectivity index (χ0v) is 14.5. The number of amides is 1. The Labute approximate surface area is 140 Å². The van der Waals surface area contributed by atoms with E-state index in [1.165, 1.54) is 25.3 Å². The number of sulfone groups is 1. The first-order chi connectivity index (χ1) is 10.7. The summed E-state index contributed by atoms with van der Waals surface area (Å²) in [6.45, 7) is 1.84. The first-order valence-corrected chi connectivity index (χ1v) is 8.95. The molecule has 1 N–H and O–H groups in total. The molecule has 0 bridgehead atoms. The highest BCUT2D eigenvalue weighted by Crippen LogP contribution is 2.29. The molecule has 5 nitrogen and oxygen atoms in total. The Morgan fingerprint density at radius 1 is 1.22 bits per heavy atom. The van der Waals surface area contributed by atoms with Gasteiger partial charge in [0.05, 0.1) is 28.3 Å². The third kappa shape index (κ3) is 3.83. The maximum Gasteiger partial charge on any atom is 0.257 e. The summed E-state index contributed by atoms with van der Waals surface area (Å²) in [6.07, 6.45) is 1.08. The molecule has 0 aliphatic rings. The molecule has 2 aromatic rings. The molecule has 0 saturated carbocycles. The monoisotopic (exact) mass is 353 g/mol. The van der Waals surface area contributed by atoms with Gasteiger partial charge in [0.1, 0.15) is 5.75 Å². The average molecular weight is 354 g/mol. The van der Waals surface area contributed by atoms with Crippen LogP contribution in [0.3, 0.4) is 0 Å². The van der Waals surface area contributed by atoms with Crippen LogP contribution in [0.1, 0.15) is 15.9 Å². The number of methoxy groups -OCH3 is 1. The van der Waals surface area contributed by atoms with Gasteiger partial charge in [-0.2, -0.15) is 0 Å². The fourth-order valence-corrected chi connectivity index (χ4v) is 3.04. The lowest BCUT2D eigenvalue weighted by atomic mass is 10.1. The van der Waals surface area contributed by atoms with Crippen molar-refractivity contribution in [3.05, 3.63) is 52.5 Å². The summed E-state index contributed by atoms with van der Waals surface area (Å²) in [5.41, 5.74) is 1.56. The predicted octanol–water partition coefficient (Wildman–Crippen LogP) is 3.31. The Bertz CT molecular complexity index is 862. The van der Waals surface area contributed by atoms with Crippen LogP contribution in [0, 0.1) is 6.92 Å². The molecule has 0 heterocycles. The molecule has 2 rings (SSSR count). The number of aryl methyl sites for hydroxylation is 1. The largest absolute Gasteiger partial charge is 0.495 e. The summed E-state index contributed by atoms with van der Waals surface area (Å²) in [5.74, 6) is 0.0879. The molecular formula is C16H16ClNO4S. The number of hydrogen-bond donors (Lipinski definition) is 1. The van der Waals surface area contributed by atoms with Gasteiger partial charge in [-0.1, -0.05) is 23.7 Å². The summed E-state index contributed by atoms with van der Waals surface area (Å²) in [7, 11) is -1.87. The van der Waals surface area contributed by atoms with Crippen LogP contribution in [0.2, 0.25) is 5.02 Å². The molecule has 7 heteroatoms. The van der Waals surface area contributed by atoms with Gasteiger partial charge in [-0.25, -0.2) is 8.42 Å². The first-order valence-electron chi connectivity index (χ1n) is 6.68. The van der Waals surface area contributed by atoms with E-state index in [0.717, 1.165) is 11.8 Å². The maximum atomic E-state index is 12.4. The van der Waals surface area contributed by atoms with Crippen molar-refractivity contribution in [1.29, 1.82) is 0 Å². The van der Waals surface area contributed by atoms with Gasteiger partial charge in [-0.05, 0) is 36.8 Å². The van der Waals surface area contributed by atoms with Crippen LogP contribution >= 0.6 is 11.6 Å². The molecular weight excluding hydrogens is 338 g/mol. The summed E-state index contributed by atoms with van der Waals surface area (Å²) in [6, 6.07) is 9.39.